The number of nitrogens with zero attached hydrogens (tertiary/aromatic N) is 1. The third kappa shape index (κ3) is 3.49. The van der Waals surface area contributed by atoms with Gasteiger partial charge in [0.2, 0.25) is 0 Å². The zero-order valence-electron chi connectivity index (χ0n) is 11.1. The number of benzene rings is 1. The van der Waals surface area contributed by atoms with E-state index in [1.165, 1.54) is 6.08 Å². The third-order valence-corrected chi connectivity index (χ3v) is 2.87. The second kappa shape index (κ2) is 6.58. The lowest BCUT2D eigenvalue weighted by Gasteiger charge is -2.08. The molecule has 0 spiro atoms. The smallest absolute Gasteiger partial charge is 0.267 e. The second-order valence-electron chi connectivity index (χ2n) is 4.22. The molecule has 5 nitrogen and oxygen atoms in total. The van der Waals surface area contributed by atoms with Crippen LogP contribution >= 0.6 is 0 Å². The van der Waals surface area contributed by atoms with Crippen molar-refractivity contribution in [3.8, 4) is 5.75 Å². The average Bonchev–Trinajstić information content (AvgIpc) is 2.92. The number of nitrogens with one attached hydrogen (secondary N) is 1. The van der Waals surface area contributed by atoms with Gasteiger partial charge in [0, 0.05) is 24.5 Å². The van der Waals surface area contributed by atoms with Crippen LogP contribution < -0.4 is 10.2 Å². The van der Waals surface area contributed by atoms with Gasteiger partial charge in [-0.2, -0.15) is 0 Å². The maximum absolute atomic E-state index is 11.0. The molecule has 5 heteroatoms. The summed E-state index contributed by atoms with van der Waals surface area (Å²) < 4.78 is 7.19. The maximum atomic E-state index is 11.0. The molecule has 1 aromatic carbocycles. The number of ether oxygens (including phenoxy) is 1. The van der Waals surface area contributed by atoms with Crippen LogP contribution in [0.25, 0.3) is 6.08 Å². The van der Waals surface area contributed by atoms with Crippen molar-refractivity contribution in [3.05, 3.63) is 59.9 Å². The molecular weight excluding hydrogens is 256 g/mol. The second-order valence-corrected chi connectivity index (χ2v) is 4.22. The van der Waals surface area contributed by atoms with E-state index in [0.29, 0.717) is 6.54 Å². The van der Waals surface area contributed by atoms with Crippen molar-refractivity contribution in [2.45, 2.75) is 6.54 Å². The van der Waals surface area contributed by atoms with E-state index < -0.39 is 5.91 Å². The van der Waals surface area contributed by atoms with Crippen LogP contribution in [0.2, 0.25) is 0 Å². The van der Waals surface area contributed by atoms with Crippen LogP contribution in [-0.4, -0.2) is 22.8 Å². The Labute approximate surface area is 117 Å². The van der Waals surface area contributed by atoms with Gasteiger partial charge in [-0.15, -0.1) is 0 Å². The number of carbonyl (C=O) groups is 1. The van der Waals surface area contributed by atoms with Crippen molar-refractivity contribution >= 4 is 12.0 Å². The van der Waals surface area contributed by atoms with Crippen LogP contribution in [0.5, 0.6) is 5.75 Å². The van der Waals surface area contributed by atoms with Gasteiger partial charge in [-0.1, -0.05) is 12.1 Å². The van der Waals surface area contributed by atoms with Crippen LogP contribution in [0, 0.1) is 0 Å². The summed E-state index contributed by atoms with van der Waals surface area (Å²) in [5.41, 5.74) is 3.53. The predicted octanol–water partition coefficient (Wildman–Crippen LogP) is 2.06. The molecule has 0 unspecified atom stereocenters. The fourth-order valence-corrected chi connectivity index (χ4v) is 1.89. The Morgan fingerprint density at radius 3 is 3.00 bits per heavy atom. The van der Waals surface area contributed by atoms with Gasteiger partial charge < -0.3 is 9.30 Å². The Morgan fingerprint density at radius 1 is 1.40 bits per heavy atom. The number of hydrogen-bond acceptors (Lipinski definition) is 3. The van der Waals surface area contributed by atoms with Gasteiger partial charge in [0.05, 0.1) is 7.11 Å². The number of amides is 1. The van der Waals surface area contributed by atoms with Gasteiger partial charge in [-0.05, 0) is 35.9 Å². The summed E-state index contributed by atoms with van der Waals surface area (Å²) in [5, 5.41) is 8.45. The largest absolute Gasteiger partial charge is 0.497 e. The lowest BCUT2D eigenvalue weighted by molar-refractivity contribution is -0.124. The van der Waals surface area contributed by atoms with Crippen molar-refractivity contribution in [2.24, 2.45) is 0 Å². The molecule has 1 aromatic heterocycles. The van der Waals surface area contributed by atoms with Crippen LogP contribution in [0.3, 0.4) is 0 Å². The molecule has 2 aromatic rings. The number of rotatable bonds is 5. The molecule has 0 bridgehead atoms. The molecule has 20 heavy (non-hydrogen) atoms. The highest BCUT2D eigenvalue weighted by molar-refractivity contribution is 5.90. The lowest BCUT2D eigenvalue weighted by atomic mass is 10.2. The molecule has 1 heterocycles. The van der Waals surface area contributed by atoms with Crippen molar-refractivity contribution in [2.75, 3.05) is 7.11 Å². The predicted molar refractivity (Wildman–Crippen MR) is 75.5 cm³/mol. The molecule has 0 saturated carbocycles. The van der Waals surface area contributed by atoms with Crippen LogP contribution in [0.4, 0.5) is 0 Å². The fraction of sp³-hybridized carbons (Fsp3) is 0.133. The molecule has 0 saturated heterocycles. The Balaban J connectivity index is 2.15. The number of methoxy groups -OCH3 is 1. The van der Waals surface area contributed by atoms with Gasteiger partial charge in [0.25, 0.3) is 5.91 Å². The first kappa shape index (κ1) is 13.9. The summed E-state index contributed by atoms with van der Waals surface area (Å²) in [6.07, 6.45) is 4.85. The molecule has 0 aliphatic rings. The van der Waals surface area contributed by atoms with Gasteiger partial charge in [0.1, 0.15) is 5.75 Å². The van der Waals surface area contributed by atoms with Crippen molar-refractivity contribution < 1.29 is 14.7 Å². The van der Waals surface area contributed by atoms with Crippen molar-refractivity contribution in [1.82, 2.24) is 10.0 Å². The molecule has 2 rings (SSSR count). The topological polar surface area (TPSA) is 63.5 Å². The molecule has 0 radical (unpaired) electrons. The molecular formula is C15H16N2O3. The first-order valence-electron chi connectivity index (χ1n) is 6.13. The first-order chi connectivity index (χ1) is 9.72. The highest BCUT2D eigenvalue weighted by Gasteiger charge is 2.01. The van der Waals surface area contributed by atoms with Gasteiger partial charge >= 0.3 is 0 Å². The monoisotopic (exact) mass is 272 g/mol. The lowest BCUT2D eigenvalue weighted by Crippen LogP contribution is -2.15. The van der Waals surface area contributed by atoms with E-state index in [0.717, 1.165) is 17.0 Å². The van der Waals surface area contributed by atoms with Crippen LogP contribution in [-0.2, 0) is 11.3 Å². The number of hydrogen-bond donors (Lipinski definition) is 2. The Bertz CT molecular complexity index is 617. The van der Waals surface area contributed by atoms with E-state index in [1.807, 2.05) is 47.2 Å². The minimum Gasteiger partial charge on any atom is -0.497 e. The summed E-state index contributed by atoms with van der Waals surface area (Å²) in [6.45, 7) is 0.671. The standard InChI is InChI=1S/C15H16N2O3/c1-20-14-6-2-4-12(10-14)11-17-9-3-5-13(17)7-8-15(18)16-19/h2-10,19H,11H2,1H3,(H,16,18)/b8-7+. The highest BCUT2D eigenvalue weighted by atomic mass is 16.5. The van der Waals surface area contributed by atoms with E-state index in [4.69, 9.17) is 9.94 Å². The number of aromatic nitrogens is 1. The third-order valence-electron chi connectivity index (χ3n) is 2.87. The molecule has 0 atom stereocenters. The quantitative estimate of drug-likeness (QED) is 0.497. The summed E-state index contributed by atoms with van der Waals surface area (Å²) in [6, 6.07) is 11.6. The summed E-state index contributed by atoms with van der Waals surface area (Å²) >= 11 is 0. The van der Waals surface area contributed by atoms with Crippen molar-refractivity contribution in [3.63, 3.8) is 0 Å². The van der Waals surface area contributed by atoms with Gasteiger partial charge in [-0.3, -0.25) is 10.0 Å². The van der Waals surface area contributed by atoms with E-state index in [-0.39, 0.29) is 0 Å². The Morgan fingerprint density at radius 2 is 2.25 bits per heavy atom. The average molecular weight is 272 g/mol. The Hall–Kier alpha value is -2.53. The highest BCUT2D eigenvalue weighted by Crippen LogP contribution is 2.15. The van der Waals surface area contributed by atoms with Gasteiger partial charge in [0.15, 0.2) is 0 Å². The van der Waals surface area contributed by atoms with Crippen molar-refractivity contribution in [1.29, 1.82) is 0 Å². The van der Waals surface area contributed by atoms with E-state index in [2.05, 4.69) is 0 Å². The fourth-order valence-electron chi connectivity index (χ4n) is 1.89. The summed E-state index contributed by atoms with van der Waals surface area (Å²) in [7, 11) is 1.64. The molecule has 104 valence electrons. The number of hydroxylamine groups is 1. The van der Waals surface area contributed by atoms with E-state index >= 15 is 0 Å². The Kier molecular flexibility index (Phi) is 4.57. The SMILES string of the molecule is COc1cccc(Cn2cccc2/C=C/C(=O)NO)c1. The van der Waals surface area contributed by atoms with Crippen LogP contribution in [0.1, 0.15) is 11.3 Å². The molecule has 1 amide bonds. The summed E-state index contributed by atoms with van der Waals surface area (Å²) in [5.74, 6) is 0.255. The molecule has 0 aliphatic carbocycles. The van der Waals surface area contributed by atoms with E-state index in [1.54, 1.807) is 18.7 Å². The molecule has 2 N–H and O–H groups in total. The maximum Gasteiger partial charge on any atom is 0.267 e. The first-order valence-corrected chi connectivity index (χ1v) is 6.13. The van der Waals surface area contributed by atoms with E-state index in [9.17, 15) is 4.79 Å². The normalized spacial score (nSPS) is 10.7. The summed E-state index contributed by atoms with van der Waals surface area (Å²) in [4.78, 5) is 11.0. The zero-order chi connectivity index (χ0) is 14.4. The number of carbonyl (C=O) groups excluding carboxylic acids is 1. The zero-order valence-corrected chi connectivity index (χ0v) is 11.1. The molecule has 0 aliphatic heterocycles. The van der Waals surface area contributed by atoms with Crippen LogP contribution in [0.15, 0.2) is 48.7 Å². The minimum atomic E-state index is -0.556. The molecule has 0 fully saturated rings. The minimum absolute atomic E-state index is 0.556. The van der Waals surface area contributed by atoms with Gasteiger partial charge in [-0.25, -0.2) is 5.48 Å².